The number of Topliss-reactive ketones (excluding diaryl/α,β-unsaturated/α-hetero) is 1. The van der Waals surface area contributed by atoms with E-state index >= 15 is 0 Å². The summed E-state index contributed by atoms with van der Waals surface area (Å²) in [6.45, 7) is 3.37. The number of carbonyl (C=O) groups excluding carboxylic acids is 2. The molecular weight excluding hydrogens is 439 g/mol. The van der Waals surface area contributed by atoms with Gasteiger partial charge in [-0.1, -0.05) is 17.3 Å². The second kappa shape index (κ2) is 10.5. The van der Waals surface area contributed by atoms with Crippen LogP contribution in [0.5, 0.6) is 5.75 Å². The van der Waals surface area contributed by atoms with Gasteiger partial charge >= 0.3 is 12.1 Å². The third-order valence-electron chi connectivity index (χ3n) is 5.00. The van der Waals surface area contributed by atoms with E-state index in [1.807, 2.05) is 0 Å². The topological polar surface area (TPSA) is 74.2 Å². The zero-order chi connectivity index (χ0) is 24.0. The normalized spacial score (nSPS) is 14.0. The molecule has 0 atom stereocenters. The third kappa shape index (κ3) is 6.81. The molecule has 0 bridgehead atoms. The molecule has 0 radical (unpaired) electrons. The number of alkyl halides is 3. The van der Waals surface area contributed by atoms with Crippen LogP contribution in [0.15, 0.2) is 47.6 Å². The Hall–Kier alpha value is -3.36. The van der Waals surface area contributed by atoms with Gasteiger partial charge in [0.05, 0.1) is 23.4 Å². The summed E-state index contributed by atoms with van der Waals surface area (Å²) in [6, 6.07) is 9.29. The number of nitrogens with zero attached hydrogens (tertiary/aromatic N) is 1. The summed E-state index contributed by atoms with van der Waals surface area (Å²) in [5.74, 6) is -0.116. The lowest BCUT2D eigenvalue weighted by Gasteiger charge is -2.12. The molecule has 0 aliphatic heterocycles. The van der Waals surface area contributed by atoms with Gasteiger partial charge in [0.2, 0.25) is 0 Å². The number of hydrogen-bond donors (Lipinski definition) is 0. The standard InChI is InChI=1S/C24H24F3NO5/c1-3-31-23(30)21-12-19(32-14-22(29)17-6-7-17)10-11-20(21)15(2)28-33-13-16-4-8-18(9-5-16)24(25,26)27/h4-5,8-12,17H,3,6-7,13-14H2,1-2H3. The Bertz CT molecular complexity index is 1030. The number of ether oxygens (including phenoxy) is 2. The van der Waals surface area contributed by atoms with Crippen molar-refractivity contribution in [3.8, 4) is 5.75 Å². The number of carbonyl (C=O) groups is 2. The van der Waals surface area contributed by atoms with Crippen molar-refractivity contribution in [1.82, 2.24) is 0 Å². The van der Waals surface area contributed by atoms with Crippen LogP contribution in [0.4, 0.5) is 13.2 Å². The van der Waals surface area contributed by atoms with Crippen LogP contribution in [0.3, 0.4) is 0 Å². The minimum Gasteiger partial charge on any atom is -0.486 e. The molecule has 6 nitrogen and oxygen atoms in total. The highest BCUT2D eigenvalue weighted by atomic mass is 19.4. The summed E-state index contributed by atoms with van der Waals surface area (Å²) in [5, 5.41) is 3.99. The zero-order valence-electron chi connectivity index (χ0n) is 18.3. The molecule has 176 valence electrons. The molecule has 1 fully saturated rings. The Balaban J connectivity index is 1.70. The lowest BCUT2D eigenvalue weighted by molar-refractivity contribution is -0.137. The van der Waals surface area contributed by atoms with Gasteiger partial charge in [-0.2, -0.15) is 13.2 Å². The van der Waals surface area contributed by atoms with Crippen LogP contribution >= 0.6 is 0 Å². The molecule has 0 unspecified atom stereocenters. The molecule has 2 aromatic rings. The summed E-state index contributed by atoms with van der Waals surface area (Å²) in [7, 11) is 0. The average molecular weight is 463 g/mol. The zero-order valence-corrected chi connectivity index (χ0v) is 18.3. The van der Waals surface area contributed by atoms with Crippen molar-refractivity contribution in [2.24, 2.45) is 11.1 Å². The first-order chi connectivity index (χ1) is 15.7. The van der Waals surface area contributed by atoms with Crippen LogP contribution in [0, 0.1) is 5.92 Å². The van der Waals surface area contributed by atoms with E-state index in [4.69, 9.17) is 14.3 Å². The van der Waals surface area contributed by atoms with Gasteiger partial charge in [-0.05, 0) is 62.6 Å². The fourth-order valence-electron chi connectivity index (χ4n) is 3.03. The van der Waals surface area contributed by atoms with Crippen molar-refractivity contribution in [2.45, 2.75) is 39.5 Å². The molecule has 0 saturated heterocycles. The molecule has 1 saturated carbocycles. The SMILES string of the molecule is CCOC(=O)c1cc(OCC(=O)C2CC2)ccc1C(C)=NOCc1ccc(C(F)(F)F)cc1. The van der Waals surface area contributed by atoms with Crippen LogP contribution in [0.25, 0.3) is 0 Å². The van der Waals surface area contributed by atoms with Gasteiger partial charge in [0, 0.05) is 11.5 Å². The number of benzene rings is 2. The Morgan fingerprint density at radius 2 is 1.76 bits per heavy atom. The smallest absolute Gasteiger partial charge is 0.416 e. The Labute approximate surface area is 189 Å². The first-order valence-electron chi connectivity index (χ1n) is 10.5. The van der Waals surface area contributed by atoms with E-state index in [9.17, 15) is 22.8 Å². The van der Waals surface area contributed by atoms with Crippen LogP contribution < -0.4 is 4.74 Å². The fourth-order valence-corrected chi connectivity index (χ4v) is 3.03. The van der Waals surface area contributed by atoms with Crippen molar-refractivity contribution in [2.75, 3.05) is 13.2 Å². The van der Waals surface area contributed by atoms with Crippen molar-refractivity contribution in [3.63, 3.8) is 0 Å². The first-order valence-corrected chi connectivity index (χ1v) is 10.5. The van der Waals surface area contributed by atoms with Crippen LogP contribution in [-0.2, 0) is 27.2 Å². The summed E-state index contributed by atoms with van der Waals surface area (Å²) in [6.07, 6.45) is -2.63. The summed E-state index contributed by atoms with van der Waals surface area (Å²) < 4.78 is 48.6. The van der Waals surface area contributed by atoms with Gasteiger partial charge in [0.25, 0.3) is 0 Å². The molecule has 3 rings (SSSR count). The second-order valence-electron chi connectivity index (χ2n) is 7.60. The summed E-state index contributed by atoms with van der Waals surface area (Å²) in [4.78, 5) is 29.6. The quantitative estimate of drug-likeness (QED) is 0.276. The largest absolute Gasteiger partial charge is 0.486 e. The predicted octanol–water partition coefficient (Wildman–Crippen LogP) is 5.18. The maximum atomic E-state index is 12.7. The van der Waals surface area contributed by atoms with Crippen LogP contribution in [0.1, 0.15) is 53.7 Å². The molecule has 0 N–H and O–H groups in total. The van der Waals surface area contributed by atoms with Gasteiger partial charge < -0.3 is 14.3 Å². The van der Waals surface area contributed by atoms with E-state index in [0.29, 0.717) is 22.6 Å². The Morgan fingerprint density at radius 3 is 2.36 bits per heavy atom. The predicted molar refractivity (Wildman–Crippen MR) is 114 cm³/mol. The summed E-state index contributed by atoms with van der Waals surface area (Å²) in [5.41, 5.74) is 0.778. The number of halogens is 3. The molecule has 0 spiro atoms. The van der Waals surface area contributed by atoms with Crippen LogP contribution in [-0.4, -0.2) is 30.7 Å². The van der Waals surface area contributed by atoms with Crippen LogP contribution in [0.2, 0.25) is 0 Å². The second-order valence-corrected chi connectivity index (χ2v) is 7.60. The minimum atomic E-state index is -4.40. The maximum absolute atomic E-state index is 12.7. The summed E-state index contributed by atoms with van der Waals surface area (Å²) >= 11 is 0. The minimum absolute atomic E-state index is 0.0335. The molecule has 9 heteroatoms. The lowest BCUT2D eigenvalue weighted by atomic mass is 10.0. The van der Waals surface area contributed by atoms with E-state index in [0.717, 1.165) is 25.0 Å². The molecule has 1 aliphatic carbocycles. The molecular formula is C24H24F3NO5. The Morgan fingerprint density at radius 1 is 1.06 bits per heavy atom. The number of esters is 1. The highest BCUT2D eigenvalue weighted by Crippen LogP contribution is 2.30. The number of hydrogen-bond acceptors (Lipinski definition) is 6. The number of rotatable bonds is 10. The molecule has 33 heavy (non-hydrogen) atoms. The van der Waals surface area contributed by atoms with Gasteiger partial charge in [0.1, 0.15) is 19.0 Å². The highest BCUT2D eigenvalue weighted by molar-refractivity contribution is 6.08. The maximum Gasteiger partial charge on any atom is 0.416 e. The van der Waals surface area contributed by atoms with Crippen molar-refractivity contribution in [1.29, 1.82) is 0 Å². The van der Waals surface area contributed by atoms with Gasteiger partial charge in [-0.25, -0.2) is 4.79 Å². The highest BCUT2D eigenvalue weighted by Gasteiger charge is 2.30. The monoisotopic (exact) mass is 463 g/mol. The van der Waals surface area contributed by atoms with Crippen molar-refractivity contribution in [3.05, 3.63) is 64.7 Å². The molecule has 0 amide bonds. The van der Waals surface area contributed by atoms with Gasteiger partial charge in [-0.15, -0.1) is 0 Å². The third-order valence-corrected chi connectivity index (χ3v) is 5.00. The van der Waals surface area contributed by atoms with Crippen molar-refractivity contribution >= 4 is 17.5 Å². The fraction of sp³-hybridized carbons (Fsp3) is 0.375. The van der Waals surface area contributed by atoms with Gasteiger partial charge in [-0.3, -0.25) is 4.79 Å². The van der Waals surface area contributed by atoms with E-state index in [1.54, 1.807) is 26.0 Å². The van der Waals surface area contributed by atoms with Crippen molar-refractivity contribution < 1.29 is 37.1 Å². The lowest BCUT2D eigenvalue weighted by Crippen LogP contribution is -2.15. The van der Waals surface area contributed by atoms with E-state index in [-0.39, 0.29) is 37.1 Å². The van der Waals surface area contributed by atoms with E-state index in [1.165, 1.54) is 18.2 Å². The molecule has 0 aromatic heterocycles. The molecule has 2 aromatic carbocycles. The number of oxime groups is 1. The Kier molecular flexibility index (Phi) is 7.73. The molecule has 0 heterocycles. The van der Waals surface area contributed by atoms with Gasteiger partial charge in [0.15, 0.2) is 5.78 Å². The first kappa shape index (κ1) is 24.3. The number of ketones is 1. The average Bonchev–Trinajstić information content (AvgIpc) is 3.63. The van der Waals surface area contributed by atoms with E-state index in [2.05, 4.69) is 5.16 Å². The molecule has 1 aliphatic rings. The van der Waals surface area contributed by atoms with E-state index < -0.39 is 17.7 Å².